The first-order valence-electron chi connectivity index (χ1n) is 12.8. The van der Waals surface area contributed by atoms with E-state index in [1.807, 2.05) is 13.8 Å². The molecule has 1 unspecified atom stereocenters. The summed E-state index contributed by atoms with van der Waals surface area (Å²) in [5.41, 5.74) is 4.25. The van der Waals surface area contributed by atoms with Crippen LogP contribution in [0.15, 0.2) is 11.6 Å². The molecule has 1 heterocycles. The van der Waals surface area contributed by atoms with E-state index in [1.54, 1.807) is 7.11 Å². The molecular formula is C28H43BrO6Si. The quantitative estimate of drug-likeness (QED) is 0.111. The molecule has 36 heavy (non-hydrogen) atoms. The van der Waals surface area contributed by atoms with E-state index >= 15 is 0 Å². The minimum atomic E-state index is -2.28. The van der Waals surface area contributed by atoms with Crippen molar-refractivity contribution < 1.29 is 28.2 Å². The summed E-state index contributed by atoms with van der Waals surface area (Å²) >= 11 is 3.51. The monoisotopic (exact) mass is 582 g/mol. The molecule has 2 rings (SSSR count). The molecule has 0 saturated carbocycles. The first-order chi connectivity index (χ1) is 16.8. The van der Waals surface area contributed by atoms with Crippen molar-refractivity contribution in [3.63, 3.8) is 0 Å². The Morgan fingerprint density at radius 1 is 1.25 bits per heavy atom. The van der Waals surface area contributed by atoms with E-state index in [0.717, 1.165) is 46.2 Å². The fraction of sp³-hybridized carbons (Fsp3) is 0.643. The highest BCUT2D eigenvalue weighted by molar-refractivity contribution is 9.09. The third kappa shape index (κ3) is 6.94. The minimum Gasteiger partial charge on any atom is -0.543 e. The molecule has 0 spiro atoms. The van der Waals surface area contributed by atoms with Crippen molar-refractivity contribution in [1.82, 2.24) is 0 Å². The number of carbonyl (C=O) groups excluding carboxylic acids is 2. The molecule has 8 heteroatoms. The van der Waals surface area contributed by atoms with Crippen molar-refractivity contribution in [1.29, 1.82) is 0 Å². The number of carbonyl (C=O) groups is 2. The number of allylic oxidation sites excluding steroid dienone is 2. The zero-order valence-corrected chi connectivity index (χ0v) is 26.0. The van der Waals surface area contributed by atoms with E-state index in [2.05, 4.69) is 62.8 Å². The van der Waals surface area contributed by atoms with E-state index in [0.29, 0.717) is 30.8 Å². The number of halogens is 1. The van der Waals surface area contributed by atoms with Crippen LogP contribution in [-0.4, -0.2) is 39.3 Å². The molecule has 0 aromatic heterocycles. The van der Waals surface area contributed by atoms with Crippen molar-refractivity contribution in [2.45, 2.75) is 92.0 Å². The standard InChI is InChI=1S/C28H43BrO6Si/c1-10-33-23(30)16-20(12-11-15-29)18(2)13-14-21-25(32-7)19(3)22-17-34-27(31)24(22)26(21)35-36(8,9)28(4,5)6/h13,20H,10-12,14-17H2,1-9H3. The molecule has 1 aromatic carbocycles. The topological polar surface area (TPSA) is 71.1 Å². The van der Waals surface area contributed by atoms with E-state index in [-0.39, 0.29) is 29.5 Å². The van der Waals surface area contributed by atoms with Crippen molar-refractivity contribution in [3.8, 4) is 11.5 Å². The third-order valence-electron chi connectivity index (χ3n) is 7.47. The SMILES string of the molecule is CCOC(=O)CC(CCCBr)C(C)=CCc1c(OC)c(C)c2c(c1O[Si](C)(C)C(C)(C)C)C(=O)OC2. The number of benzene rings is 1. The van der Waals surface area contributed by atoms with Crippen LogP contribution in [0.4, 0.5) is 0 Å². The van der Waals surface area contributed by atoms with E-state index < -0.39 is 8.32 Å². The average Bonchev–Trinajstić information content (AvgIpc) is 3.18. The van der Waals surface area contributed by atoms with Gasteiger partial charge in [-0.3, -0.25) is 4.79 Å². The van der Waals surface area contributed by atoms with Crippen LogP contribution in [0.1, 0.15) is 80.9 Å². The van der Waals surface area contributed by atoms with Crippen LogP contribution in [-0.2, 0) is 27.3 Å². The maximum absolute atomic E-state index is 12.9. The lowest BCUT2D eigenvalue weighted by Gasteiger charge is -2.37. The Kier molecular flexibility index (Phi) is 10.7. The van der Waals surface area contributed by atoms with Gasteiger partial charge in [0.05, 0.1) is 20.1 Å². The second-order valence-electron chi connectivity index (χ2n) is 10.9. The highest BCUT2D eigenvalue weighted by Crippen LogP contribution is 2.46. The van der Waals surface area contributed by atoms with Gasteiger partial charge in [0.2, 0.25) is 0 Å². The Hall–Kier alpha value is -1.80. The number of ether oxygens (including phenoxy) is 3. The molecule has 6 nitrogen and oxygen atoms in total. The highest BCUT2D eigenvalue weighted by atomic mass is 79.9. The lowest BCUT2D eigenvalue weighted by molar-refractivity contribution is -0.144. The van der Waals surface area contributed by atoms with Gasteiger partial charge in [0, 0.05) is 16.5 Å². The van der Waals surface area contributed by atoms with Crippen molar-refractivity contribution >= 4 is 36.2 Å². The largest absolute Gasteiger partial charge is 0.543 e. The summed E-state index contributed by atoms with van der Waals surface area (Å²) < 4.78 is 23.4. The summed E-state index contributed by atoms with van der Waals surface area (Å²) in [6, 6.07) is 0. The van der Waals surface area contributed by atoms with Crippen LogP contribution in [0.2, 0.25) is 18.1 Å². The maximum Gasteiger partial charge on any atom is 0.342 e. The number of hydrogen-bond acceptors (Lipinski definition) is 6. The van der Waals surface area contributed by atoms with Gasteiger partial charge in [-0.05, 0) is 69.6 Å². The molecule has 0 aliphatic carbocycles. The predicted octanol–water partition coefficient (Wildman–Crippen LogP) is 7.29. The molecule has 202 valence electrons. The van der Waals surface area contributed by atoms with Gasteiger partial charge >= 0.3 is 11.9 Å². The molecule has 0 saturated heterocycles. The molecular weight excluding hydrogens is 540 g/mol. The summed E-state index contributed by atoms with van der Waals surface area (Å²) in [4.78, 5) is 25.1. The smallest absolute Gasteiger partial charge is 0.342 e. The number of fused-ring (bicyclic) bond motifs is 1. The average molecular weight is 584 g/mol. The highest BCUT2D eigenvalue weighted by Gasteiger charge is 2.42. The summed E-state index contributed by atoms with van der Waals surface area (Å²) in [6.45, 7) is 17.3. The Morgan fingerprint density at radius 2 is 1.92 bits per heavy atom. The Labute approximate surface area is 226 Å². The molecule has 1 atom stereocenters. The first kappa shape index (κ1) is 30.4. The fourth-order valence-electron chi connectivity index (χ4n) is 4.20. The van der Waals surface area contributed by atoms with Crippen LogP contribution in [0.25, 0.3) is 0 Å². The lowest BCUT2D eigenvalue weighted by Crippen LogP contribution is -2.44. The summed E-state index contributed by atoms with van der Waals surface area (Å²) in [5.74, 6) is 0.877. The summed E-state index contributed by atoms with van der Waals surface area (Å²) in [5, 5.41) is 0.827. The zero-order chi connectivity index (χ0) is 27.3. The fourth-order valence-corrected chi connectivity index (χ4v) is 5.56. The number of cyclic esters (lactones) is 1. The van der Waals surface area contributed by atoms with Crippen molar-refractivity contribution in [2.75, 3.05) is 19.0 Å². The molecule has 0 N–H and O–H groups in total. The van der Waals surface area contributed by atoms with Gasteiger partial charge in [-0.2, -0.15) is 0 Å². The number of hydrogen-bond donors (Lipinski definition) is 0. The Balaban J connectivity index is 2.59. The van der Waals surface area contributed by atoms with E-state index in [1.165, 1.54) is 0 Å². The maximum atomic E-state index is 12.9. The van der Waals surface area contributed by atoms with Gasteiger partial charge in [-0.15, -0.1) is 0 Å². The molecule has 0 radical (unpaired) electrons. The van der Waals surface area contributed by atoms with Gasteiger partial charge in [0.15, 0.2) is 0 Å². The predicted molar refractivity (Wildman–Crippen MR) is 150 cm³/mol. The molecule has 1 aliphatic heterocycles. The first-order valence-corrected chi connectivity index (χ1v) is 16.8. The third-order valence-corrected chi connectivity index (χ3v) is 12.4. The second-order valence-corrected chi connectivity index (χ2v) is 16.5. The lowest BCUT2D eigenvalue weighted by atomic mass is 9.89. The van der Waals surface area contributed by atoms with Gasteiger partial charge in [-0.25, -0.2) is 4.79 Å². The van der Waals surface area contributed by atoms with Crippen LogP contribution in [0, 0.1) is 12.8 Å². The van der Waals surface area contributed by atoms with Crippen LogP contribution < -0.4 is 9.16 Å². The summed E-state index contributed by atoms with van der Waals surface area (Å²) in [7, 11) is -0.625. The number of rotatable bonds is 12. The molecule has 0 amide bonds. The molecule has 0 bridgehead atoms. The van der Waals surface area contributed by atoms with Gasteiger partial charge in [-0.1, -0.05) is 48.4 Å². The minimum absolute atomic E-state index is 0.0516. The molecule has 0 fully saturated rings. The second kappa shape index (κ2) is 12.6. The van der Waals surface area contributed by atoms with Gasteiger partial charge < -0.3 is 18.6 Å². The van der Waals surface area contributed by atoms with Crippen molar-refractivity contribution in [3.05, 3.63) is 33.9 Å². The summed E-state index contributed by atoms with van der Waals surface area (Å²) in [6.07, 6.45) is 4.85. The van der Waals surface area contributed by atoms with Crippen molar-refractivity contribution in [2.24, 2.45) is 5.92 Å². The number of methoxy groups -OCH3 is 1. The zero-order valence-electron chi connectivity index (χ0n) is 23.4. The Bertz CT molecular complexity index is 993. The Morgan fingerprint density at radius 3 is 2.47 bits per heavy atom. The van der Waals surface area contributed by atoms with E-state index in [9.17, 15) is 9.59 Å². The van der Waals surface area contributed by atoms with Gasteiger partial charge in [0.1, 0.15) is 23.7 Å². The van der Waals surface area contributed by atoms with Crippen LogP contribution in [0.5, 0.6) is 11.5 Å². The number of esters is 2. The van der Waals surface area contributed by atoms with Gasteiger partial charge in [0.25, 0.3) is 8.32 Å². The van der Waals surface area contributed by atoms with Crippen LogP contribution >= 0.6 is 15.9 Å². The number of alkyl halides is 1. The molecule has 1 aliphatic rings. The normalized spacial score (nSPS) is 14.8. The molecule has 1 aromatic rings. The van der Waals surface area contributed by atoms with Crippen LogP contribution in [0.3, 0.4) is 0 Å². The van der Waals surface area contributed by atoms with E-state index in [4.69, 9.17) is 18.6 Å².